The van der Waals surface area contributed by atoms with Gasteiger partial charge in [0, 0.05) is 19.4 Å². The van der Waals surface area contributed by atoms with E-state index in [4.69, 9.17) is 14.2 Å². The topological polar surface area (TPSA) is 61.8 Å². The van der Waals surface area contributed by atoms with Crippen molar-refractivity contribution in [3.05, 3.63) is 72.9 Å². The van der Waals surface area contributed by atoms with E-state index in [2.05, 4.69) is 93.7 Å². The van der Waals surface area contributed by atoms with Crippen molar-refractivity contribution in [1.82, 2.24) is 0 Å². The van der Waals surface area contributed by atoms with Gasteiger partial charge < -0.3 is 14.2 Å². The predicted octanol–water partition coefficient (Wildman–Crippen LogP) is 21.0. The van der Waals surface area contributed by atoms with Crippen molar-refractivity contribution in [1.29, 1.82) is 0 Å². The summed E-state index contributed by atoms with van der Waals surface area (Å²) < 4.78 is 17.5. The van der Waals surface area contributed by atoms with E-state index in [1.807, 2.05) is 0 Å². The van der Waals surface area contributed by atoms with Gasteiger partial charge in [-0.1, -0.05) is 248 Å². The highest BCUT2D eigenvalue weighted by Crippen LogP contribution is 2.15. The van der Waals surface area contributed by atoms with Crippen LogP contribution in [-0.2, 0) is 23.8 Å². The summed E-state index contributed by atoms with van der Waals surface area (Å²) in [5.41, 5.74) is 0. The molecule has 0 aromatic rings. The second-order valence-corrected chi connectivity index (χ2v) is 20.2. The molecule has 0 spiro atoms. The first kappa shape index (κ1) is 67.3. The molecule has 0 fully saturated rings. The molecule has 0 amide bonds. The lowest BCUT2D eigenvalue weighted by molar-refractivity contribution is -0.163. The summed E-state index contributed by atoms with van der Waals surface area (Å²) in [4.78, 5) is 25.6. The lowest BCUT2D eigenvalue weighted by Crippen LogP contribution is -2.30. The first-order valence-corrected chi connectivity index (χ1v) is 30.5. The molecule has 0 saturated heterocycles. The van der Waals surface area contributed by atoms with Crippen LogP contribution in [0.25, 0.3) is 0 Å². The standard InChI is InChI=1S/C65H116O5/c1-4-7-10-13-16-19-22-25-28-31-33-35-37-40-43-46-49-52-55-58-64(66)69-62-63(61-68-60-57-54-51-48-45-42-39-30-27-24-21-18-15-12-9-6-3)70-65(67)59-56-53-50-47-44-41-38-36-34-32-29-26-23-20-17-14-11-8-5-2/h16-21,25-30,63H,4-15,22-24,31-62H2,1-3H3/b19-16-,20-17-,21-18-,28-25-,29-26-,30-27-. The Labute approximate surface area is 436 Å². The SMILES string of the molecule is CCCCC/C=C\C/C=C\CCCCCCCCCCCC(=O)OCC(COCCCCCCCC/C=C\C/C=C\CCCCC)OC(=O)CCCCCCCCCCC/C=C\C/C=C\CCCCC. The average molecular weight is 978 g/mol. The van der Waals surface area contributed by atoms with Gasteiger partial charge in [-0.05, 0) is 116 Å². The summed E-state index contributed by atoms with van der Waals surface area (Å²) in [5.74, 6) is -0.403. The number of ether oxygens (including phenoxy) is 3. The molecule has 0 bridgehead atoms. The van der Waals surface area contributed by atoms with Gasteiger partial charge in [0.05, 0.1) is 6.61 Å². The van der Waals surface area contributed by atoms with Gasteiger partial charge in [0.1, 0.15) is 6.61 Å². The van der Waals surface area contributed by atoms with Crippen molar-refractivity contribution < 1.29 is 23.8 Å². The quantitative estimate of drug-likeness (QED) is 0.0345. The Hall–Kier alpha value is -2.66. The largest absolute Gasteiger partial charge is 0.462 e. The predicted molar refractivity (Wildman–Crippen MR) is 307 cm³/mol. The van der Waals surface area contributed by atoms with Crippen molar-refractivity contribution in [2.75, 3.05) is 19.8 Å². The van der Waals surface area contributed by atoms with E-state index in [1.54, 1.807) is 0 Å². The first-order valence-electron chi connectivity index (χ1n) is 30.5. The lowest BCUT2D eigenvalue weighted by atomic mass is 10.1. The Morgan fingerprint density at radius 3 is 0.943 bits per heavy atom. The third-order valence-electron chi connectivity index (χ3n) is 13.2. The molecular weight excluding hydrogens is 861 g/mol. The minimum Gasteiger partial charge on any atom is -0.462 e. The van der Waals surface area contributed by atoms with Crippen LogP contribution >= 0.6 is 0 Å². The summed E-state index contributed by atoms with van der Waals surface area (Å²) >= 11 is 0. The van der Waals surface area contributed by atoms with Crippen molar-refractivity contribution in [2.45, 2.75) is 309 Å². The monoisotopic (exact) mass is 977 g/mol. The Morgan fingerprint density at radius 2 is 0.600 bits per heavy atom. The highest BCUT2D eigenvalue weighted by molar-refractivity contribution is 5.70. The second kappa shape index (κ2) is 60.6. The Bertz CT molecular complexity index is 1240. The van der Waals surface area contributed by atoms with Crippen LogP contribution in [-0.4, -0.2) is 37.9 Å². The van der Waals surface area contributed by atoms with Gasteiger partial charge in [-0.2, -0.15) is 0 Å². The smallest absolute Gasteiger partial charge is 0.306 e. The maximum Gasteiger partial charge on any atom is 0.306 e. The Kier molecular flexibility index (Phi) is 58.3. The van der Waals surface area contributed by atoms with Crippen molar-refractivity contribution in [3.8, 4) is 0 Å². The molecule has 0 rings (SSSR count). The van der Waals surface area contributed by atoms with Gasteiger partial charge in [-0.3, -0.25) is 9.59 Å². The normalized spacial score (nSPS) is 12.7. The van der Waals surface area contributed by atoms with Crippen LogP contribution in [0, 0.1) is 0 Å². The van der Waals surface area contributed by atoms with Crippen molar-refractivity contribution >= 4 is 11.9 Å². The summed E-state index contributed by atoms with van der Waals surface area (Å²) in [6.07, 6.45) is 79.2. The summed E-state index contributed by atoms with van der Waals surface area (Å²) in [5, 5.41) is 0. The number of rotatable bonds is 56. The van der Waals surface area contributed by atoms with Crippen LogP contribution in [0.2, 0.25) is 0 Å². The van der Waals surface area contributed by atoms with Gasteiger partial charge in [0.15, 0.2) is 6.10 Å². The summed E-state index contributed by atoms with van der Waals surface area (Å²) in [6, 6.07) is 0. The lowest BCUT2D eigenvalue weighted by Gasteiger charge is -2.18. The van der Waals surface area contributed by atoms with E-state index in [9.17, 15) is 9.59 Å². The maximum atomic E-state index is 12.9. The molecule has 0 radical (unpaired) electrons. The number of esters is 2. The van der Waals surface area contributed by atoms with Crippen LogP contribution in [0.3, 0.4) is 0 Å². The number of carbonyl (C=O) groups is 2. The van der Waals surface area contributed by atoms with Crippen LogP contribution in [0.5, 0.6) is 0 Å². The van der Waals surface area contributed by atoms with Gasteiger partial charge in [0.25, 0.3) is 0 Å². The molecule has 5 heteroatoms. The molecule has 0 heterocycles. The minimum absolute atomic E-state index is 0.0764. The van der Waals surface area contributed by atoms with Crippen molar-refractivity contribution in [3.63, 3.8) is 0 Å². The number of unbranched alkanes of at least 4 members (excludes halogenated alkanes) is 33. The molecule has 0 aliphatic heterocycles. The third-order valence-corrected chi connectivity index (χ3v) is 13.2. The van der Waals surface area contributed by atoms with E-state index in [-0.39, 0.29) is 25.2 Å². The molecular formula is C65H116O5. The van der Waals surface area contributed by atoms with E-state index >= 15 is 0 Å². The first-order chi connectivity index (χ1) is 34.6. The molecule has 1 unspecified atom stereocenters. The van der Waals surface area contributed by atoms with Crippen LogP contribution in [0.1, 0.15) is 303 Å². The fraction of sp³-hybridized carbons (Fsp3) is 0.785. The van der Waals surface area contributed by atoms with Crippen LogP contribution in [0.15, 0.2) is 72.9 Å². The van der Waals surface area contributed by atoms with E-state index < -0.39 is 6.10 Å². The van der Waals surface area contributed by atoms with Gasteiger partial charge in [-0.15, -0.1) is 0 Å². The van der Waals surface area contributed by atoms with E-state index in [1.165, 1.54) is 205 Å². The molecule has 0 aliphatic carbocycles. The molecule has 0 aromatic heterocycles. The molecule has 5 nitrogen and oxygen atoms in total. The van der Waals surface area contributed by atoms with Crippen molar-refractivity contribution in [2.24, 2.45) is 0 Å². The number of hydrogen-bond acceptors (Lipinski definition) is 5. The highest BCUT2D eigenvalue weighted by atomic mass is 16.6. The zero-order chi connectivity index (χ0) is 50.6. The summed E-state index contributed by atoms with van der Waals surface area (Å²) in [6.45, 7) is 7.76. The van der Waals surface area contributed by atoms with Crippen LogP contribution < -0.4 is 0 Å². The van der Waals surface area contributed by atoms with Gasteiger partial charge in [0.2, 0.25) is 0 Å². The minimum atomic E-state index is -0.549. The number of allylic oxidation sites excluding steroid dienone is 12. The molecule has 1 atom stereocenters. The third kappa shape index (κ3) is 57.9. The van der Waals surface area contributed by atoms with Gasteiger partial charge >= 0.3 is 11.9 Å². The zero-order valence-electron chi connectivity index (χ0n) is 46.8. The van der Waals surface area contributed by atoms with Gasteiger partial charge in [-0.25, -0.2) is 0 Å². The highest BCUT2D eigenvalue weighted by Gasteiger charge is 2.17. The zero-order valence-corrected chi connectivity index (χ0v) is 46.8. The average Bonchev–Trinajstić information content (AvgIpc) is 3.36. The van der Waals surface area contributed by atoms with E-state index in [0.29, 0.717) is 19.4 Å². The second-order valence-electron chi connectivity index (χ2n) is 20.2. The molecule has 0 aliphatic rings. The Morgan fingerprint density at radius 1 is 0.314 bits per heavy atom. The fourth-order valence-electron chi connectivity index (χ4n) is 8.60. The molecule has 406 valence electrons. The Balaban J connectivity index is 4.29. The maximum absolute atomic E-state index is 12.9. The molecule has 0 aromatic carbocycles. The summed E-state index contributed by atoms with van der Waals surface area (Å²) in [7, 11) is 0. The molecule has 0 saturated carbocycles. The fourth-order valence-corrected chi connectivity index (χ4v) is 8.60. The molecule has 70 heavy (non-hydrogen) atoms. The number of hydrogen-bond donors (Lipinski definition) is 0. The molecule has 0 N–H and O–H groups in total. The number of carbonyl (C=O) groups excluding carboxylic acids is 2. The van der Waals surface area contributed by atoms with E-state index in [0.717, 1.165) is 64.2 Å². The van der Waals surface area contributed by atoms with Crippen LogP contribution in [0.4, 0.5) is 0 Å².